The standard InChI is InChI=1S/C11H16N4O5/c1-15(2)6-10(13(17)18)3-8(9(12)16)4-11(5-10,7-15)14(19)20/h3H,4-7H2,1-2H3,(H-,12,16)/p+1/t10-,11+/m1/s1. The number of fused-ring (bicyclic) bond motifs is 2. The van der Waals surface area contributed by atoms with E-state index in [2.05, 4.69) is 0 Å². The number of hydrogen-bond acceptors (Lipinski definition) is 5. The highest BCUT2D eigenvalue weighted by Gasteiger charge is 2.68. The molecule has 1 fully saturated rings. The Morgan fingerprint density at radius 3 is 2.35 bits per heavy atom. The van der Waals surface area contributed by atoms with Crippen LogP contribution in [0.4, 0.5) is 0 Å². The van der Waals surface area contributed by atoms with Gasteiger partial charge in [-0.3, -0.25) is 25.0 Å². The van der Waals surface area contributed by atoms with Crippen molar-refractivity contribution in [1.29, 1.82) is 0 Å². The van der Waals surface area contributed by atoms with E-state index >= 15 is 0 Å². The molecule has 0 aromatic carbocycles. The third-order valence-corrected chi connectivity index (χ3v) is 4.09. The zero-order chi connectivity index (χ0) is 15.3. The van der Waals surface area contributed by atoms with Crippen LogP contribution in [-0.4, -0.2) is 58.5 Å². The average Bonchev–Trinajstić information content (AvgIpc) is 2.25. The molecular formula is C11H17N4O5+. The summed E-state index contributed by atoms with van der Waals surface area (Å²) < 4.78 is 0.157. The first-order valence-corrected chi connectivity index (χ1v) is 6.15. The molecule has 1 aliphatic heterocycles. The van der Waals surface area contributed by atoms with Crippen molar-refractivity contribution in [2.45, 2.75) is 23.9 Å². The van der Waals surface area contributed by atoms with Crippen LogP contribution in [0.5, 0.6) is 0 Å². The number of nitrogens with two attached hydrogens (primary N) is 1. The van der Waals surface area contributed by atoms with Gasteiger partial charge < -0.3 is 10.2 Å². The number of quaternary nitrogens is 1. The minimum absolute atomic E-state index is 0.00986. The van der Waals surface area contributed by atoms with Crippen LogP contribution in [0.1, 0.15) is 12.8 Å². The molecule has 20 heavy (non-hydrogen) atoms. The van der Waals surface area contributed by atoms with E-state index in [0.717, 1.165) is 0 Å². The second kappa shape index (κ2) is 3.98. The summed E-state index contributed by atoms with van der Waals surface area (Å²) in [5.41, 5.74) is 2.08. The Kier molecular flexibility index (Phi) is 2.86. The highest BCUT2D eigenvalue weighted by Crippen LogP contribution is 2.44. The molecule has 9 heteroatoms. The van der Waals surface area contributed by atoms with E-state index in [1.165, 1.54) is 6.08 Å². The quantitative estimate of drug-likeness (QED) is 0.417. The Balaban J connectivity index is 2.64. The Labute approximate surface area is 114 Å². The summed E-state index contributed by atoms with van der Waals surface area (Å²) in [7, 11) is 3.44. The maximum absolute atomic E-state index is 11.5. The molecule has 2 aliphatic rings. The van der Waals surface area contributed by atoms with Gasteiger partial charge in [0.05, 0.1) is 20.5 Å². The molecule has 2 bridgehead atoms. The summed E-state index contributed by atoms with van der Waals surface area (Å²) in [6.45, 7) is 0.243. The number of carbonyl (C=O) groups is 1. The summed E-state index contributed by atoms with van der Waals surface area (Å²) in [5, 5.41) is 23.0. The van der Waals surface area contributed by atoms with Crippen molar-refractivity contribution in [2.24, 2.45) is 5.73 Å². The van der Waals surface area contributed by atoms with Crippen molar-refractivity contribution < 1.29 is 19.1 Å². The molecule has 2 atom stereocenters. The van der Waals surface area contributed by atoms with Crippen LogP contribution in [0.25, 0.3) is 0 Å². The fraction of sp³-hybridized carbons (Fsp3) is 0.727. The molecule has 0 aromatic heterocycles. The first-order valence-electron chi connectivity index (χ1n) is 6.15. The van der Waals surface area contributed by atoms with Gasteiger partial charge in [-0.2, -0.15) is 0 Å². The third kappa shape index (κ3) is 2.03. The van der Waals surface area contributed by atoms with E-state index in [1.54, 1.807) is 14.1 Å². The largest absolute Gasteiger partial charge is 0.366 e. The molecule has 2 rings (SSSR count). The first-order chi connectivity index (χ1) is 9.02. The number of likely N-dealkylation sites (N-methyl/N-ethyl adjacent to an activating group) is 1. The van der Waals surface area contributed by atoms with E-state index < -0.39 is 26.8 Å². The summed E-state index contributed by atoms with van der Waals surface area (Å²) in [6, 6.07) is 0. The lowest BCUT2D eigenvalue weighted by Gasteiger charge is -2.47. The maximum atomic E-state index is 11.5. The van der Waals surface area contributed by atoms with Crippen LogP contribution >= 0.6 is 0 Å². The van der Waals surface area contributed by atoms with Crippen molar-refractivity contribution in [3.8, 4) is 0 Å². The molecule has 1 saturated heterocycles. The Morgan fingerprint density at radius 2 is 1.90 bits per heavy atom. The van der Waals surface area contributed by atoms with Gasteiger partial charge >= 0.3 is 0 Å². The maximum Gasteiger partial charge on any atom is 0.295 e. The van der Waals surface area contributed by atoms with Crippen molar-refractivity contribution in [3.63, 3.8) is 0 Å². The van der Waals surface area contributed by atoms with Gasteiger partial charge in [0.2, 0.25) is 5.91 Å². The number of rotatable bonds is 3. The van der Waals surface area contributed by atoms with Gasteiger partial charge in [-0.1, -0.05) is 0 Å². The van der Waals surface area contributed by atoms with E-state index in [9.17, 15) is 25.0 Å². The molecule has 1 amide bonds. The second-order valence-corrected chi connectivity index (χ2v) is 6.48. The smallest absolute Gasteiger partial charge is 0.295 e. The number of primary amides is 1. The predicted octanol–water partition coefficient (Wildman–Crippen LogP) is -0.687. The van der Waals surface area contributed by atoms with Gasteiger partial charge in [-0.25, -0.2) is 0 Å². The van der Waals surface area contributed by atoms with Crippen molar-refractivity contribution in [1.82, 2.24) is 0 Å². The number of carbonyl (C=O) groups excluding carboxylic acids is 1. The highest BCUT2D eigenvalue weighted by molar-refractivity contribution is 5.92. The van der Waals surface area contributed by atoms with Gasteiger partial charge in [0, 0.05) is 21.5 Å². The topological polar surface area (TPSA) is 129 Å². The average molecular weight is 285 g/mol. The molecule has 0 saturated carbocycles. The van der Waals surface area contributed by atoms with E-state index in [-0.39, 0.29) is 36.0 Å². The van der Waals surface area contributed by atoms with E-state index in [1.807, 2.05) is 0 Å². The Bertz CT molecular complexity index is 543. The minimum Gasteiger partial charge on any atom is -0.366 e. The molecule has 0 unspecified atom stereocenters. The van der Waals surface area contributed by atoms with E-state index in [0.29, 0.717) is 0 Å². The number of amides is 1. The van der Waals surface area contributed by atoms with Crippen LogP contribution in [0.15, 0.2) is 11.6 Å². The molecule has 9 nitrogen and oxygen atoms in total. The third-order valence-electron chi connectivity index (χ3n) is 4.09. The molecule has 110 valence electrons. The summed E-state index contributed by atoms with van der Waals surface area (Å²) in [4.78, 5) is 33.4. The zero-order valence-corrected chi connectivity index (χ0v) is 11.4. The normalized spacial score (nSPS) is 35.0. The van der Waals surface area contributed by atoms with Crippen LogP contribution < -0.4 is 5.73 Å². The summed E-state index contributed by atoms with van der Waals surface area (Å²) >= 11 is 0. The lowest BCUT2D eigenvalue weighted by molar-refractivity contribution is -0.933. The van der Waals surface area contributed by atoms with Gasteiger partial charge in [0.15, 0.2) is 13.1 Å². The lowest BCUT2D eigenvalue weighted by Crippen LogP contribution is -2.71. The number of hydrogen-bond donors (Lipinski definition) is 1. The Morgan fingerprint density at radius 1 is 1.30 bits per heavy atom. The lowest BCUT2D eigenvalue weighted by atomic mass is 9.68. The number of nitro groups is 2. The molecule has 1 heterocycles. The second-order valence-electron chi connectivity index (χ2n) is 6.48. The molecule has 0 aromatic rings. The SMILES string of the molecule is C[N+]1(C)C[C@@]2([N+](=O)[O-])C=C(C(N)=O)C[C@]([N+](=O)[O-])(C2)C1. The predicted molar refractivity (Wildman–Crippen MR) is 67.8 cm³/mol. The molecule has 2 N–H and O–H groups in total. The highest BCUT2D eigenvalue weighted by atomic mass is 16.6. The molecule has 0 spiro atoms. The monoisotopic (exact) mass is 285 g/mol. The summed E-state index contributed by atoms with van der Waals surface area (Å²) in [5.74, 6) is -0.825. The summed E-state index contributed by atoms with van der Waals surface area (Å²) in [6.07, 6.45) is 0.890. The number of piperidine rings is 1. The van der Waals surface area contributed by atoms with Crippen LogP contribution in [-0.2, 0) is 4.79 Å². The van der Waals surface area contributed by atoms with Crippen molar-refractivity contribution in [3.05, 3.63) is 31.9 Å². The van der Waals surface area contributed by atoms with E-state index in [4.69, 9.17) is 5.73 Å². The zero-order valence-electron chi connectivity index (χ0n) is 11.4. The molecule has 1 aliphatic carbocycles. The van der Waals surface area contributed by atoms with Gasteiger partial charge in [0.1, 0.15) is 6.42 Å². The fourth-order valence-corrected chi connectivity index (χ4v) is 3.74. The van der Waals surface area contributed by atoms with Gasteiger partial charge in [-0.05, 0) is 0 Å². The van der Waals surface area contributed by atoms with Crippen LogP contribution in [0.3, 0.4) is 0 Å². The van der Waals surface area contributed by atoms with Gasteiger partial charge in [0.25, 0.3) is 11.1 Å². The van der Waals surface area contributed by atoms with Crippen molar-refractivity contribution >= 4 is 5.91 Å². The fourth-order valence-electron chi connectivity index (χ4n) is 3.74. The molecule has 0 radical (unpaired) electrons. The Hall–Kier alpha value is -2.03. The minimum atomic E-state index is -1.60. The van der Waals surface area contributed by atoms with Crippen molar-refractivity contribution in [2.75, 3.05) is 27.2 Å². The molecular weight excluding hydrogens is 268 g/mol. The number of nitrogens with zero attached hydrogens (tertiary/aromatic N) is 3. The number of likely N-dealkylation sites (tertiary alicyclic amines) is 1. The van der Waals surface area contributed by atoms with Gasteiger partial charge in [-0.15, -0.1) is 0 Å². The van der Waals surface area contributed by atoms with Crippen LogP contribution in [0.2, 0.25) is 0 Å². The first kappa shape index (κ1) is 14.4. The van der Waals surface area contributed by atoms with Crippen LogP contribution in [0, 0.1) is 20.2 Å².